The van der Waals surface area contributed by atoms with E-state index >= 15 is 0 Å². The van der Waals surface area contributed by atoms with Crippen LogP contribution in [0.1, 0.15) is 21.7 Å². The fraction of sp³-hybridized carbons (Fsp3) is 0.158. The van der Waals surface area contributed by atoms with E-state index in [0.29, 0.717) is 27.0 Å². The van der Waals surface area contributed by atoms with Gasteiger partial charge in [0.05, 0.1) is 0 Å². The predicted molar refractivity (Wildman–Crippen MR) is 98.2 cm³/mol. The van der Waals surface area contributed by atoms with Crippen LogP contribution in [-0.2, 0) is 17.4 Å². The van der Waals surface area contributed by atoms with Crippen LogP contribution >= 0.6 is 23.2 Å². The summed E-state index contributed by atoms with van der Waals surface area (Å²) in [6, 6.07) is 14.0. The van der Waals surface area contributed by atoms with Gasteiger partial charge in [-0.3, -0.25) is 4.79 Å². The minimum Gasteiger partial charge on any atom is -0.360 e. The molecule has 0 N–H and O–H groups in total. The first-order valence-corrected chi connectivity index (χ1v) is 8.34. The Morgan fingerprint density at radius 3 is 1.84 bits per heavy atom. The van der Waals surface area contributed by atoms with Crippen molar-refractivity contribution in [1.29, 1.82) is 0 Å². The highest BCUT2D eigenvalue weighted by atomic mass is 35.5. The van der Waals surface area contributed by atoms with Gasteiger partial charge in [-0.15, -0.1) is 0 Å². The van der Waals surface area contributed by atoms with Gasteiger partial charge in [-0.1, -0.05) is 47.5 Å². The number of imidazole rings is 1. The van der Waals surface area contributed by atoms with E-state index in [1.807, 2.05) is 0 Å². The number of ketones is 1. The van der Waals surface area contributed by atoms with E-state index in [4.69, 9.17) is 27.9 Å². The zero-order valence-corrected chi connectivity index (χ0v) is 15.3. The lowest BCUT2D eigenvalue weighted by molar-refractivity contribution is 0.0212. The van der Waals surface area contributed by atoms with Gasteiger partial charge in [0, 0.05) is 36.6 Å². The Balaban J connectivity index is 2.26. The third kappa shape index (κ3) is 3.09. The minimum atomic E-state index is -1.35. The molecule has 0 amide bonds. The molecule has 1 aromatic heterocycles. The van der Waals surface area contributed by atoms with Gasteiger partial charge in [0.2, 0.25) is 5.78 Å². The van der Waals surface area contributed by atoms with Crippen molar-refractivity contribution < 1.29 is 9.53 Å². The SMILES string of the molecule is COC(C(=O)c1nccn1C)(c1ccc(Cl)cc1)c1ccc(Cl)cc1. The van der Waals surface area contributed by atoms with Gasteiger partial charge in [0.1, 0.15) is 0 Å². The molecular formula is C19H16Cl2N2O2. The second-order valence-corrected chi connectivity index (χ2v) is 6.46. The van der Waals surface area contributed by atoms with Crippen LogP contribution in [0, 0.1) is 0 Å². The molecule has 0 spiro atoms. The molecular weight excluding hydrogens is 359 g/mol. The molecule has 0 aliphatic rings. The molecule has 25 heavy (non-hydrogen) atoms. The van der Waals surface area contributed by atoms with E-state index in [0.717, 1.165) is 0 Å². The Bertz CT molecular complexity index is 841. The molecule has 6 heteroatoms. The normalized spacial score (nSPS) is 11.5. The summed E-state index contributed by atoms with van der Waals surface area (Å²) in [5, 5.41) is 1.16. The van der Waals surface area contributed by atoms with Gasteiger partial charge < -0.3 is 9.30 Å². The Morgan fingerprint density at radius 2 is 1.48 bits per heavy atom. The Kier molecular flexibility index (Phi) is 4.95. The largest absolute Gasteiger partial charge is 0.360 e. The topological polar surface area (TPSA) is 44.1 Å². The third-order valence-corrected chi connectivity index (χ3v) is 4.66. The molecule has 128 valence electrons. The number of methoxy groups -OCH3 is 1. The monoisotopic (exact) mass is 374 g/mol. The average molecular weight is 375 g/mol. The molecule has 0 bridgehead atoms. The van der Waals surface area contributed by atoms with Crippen molar-refractivity contribution >= 4 is 29.0 Å². The highest BCUT2D eigenvalue weighted by molar-refractivity contribution is 6.30. The van der Waals surface area contributed by atoms with Crippen molar-refractivity contribution in [2.24, 2.45) is 7.05 Å². The van der Waals surface area contributed by atoms with Crippen LogP contribution in [0.2, 0.25) is 10.0 Å². The molecule has 2 aromatic carbocycles. The first-order chi connectivity index (χ1) is 12.0. The second-order valence-electron chi connectivity index (χ2n) is 5.59. The second kappa shape index (κ2) is 7.00. The molecule has 0 fully saturated rings. The molecule has 0 saturated heterocycles. The van der Waals surface area contributed by atoms with E-state index in [-0.39, 0.29) is 5.78 Å². The van der Waals surface area contributed by atoms with Crippen molar-refractivity contribution in [3.05, 3.63) is 87.9 Å². The fourth-order valence-corrected chi connectivity index (χ4v) is 3.12. The van der Waals surface area contributed by atoms with Gasteiger partial charge in [0.15, 0.2) is 11.4 Å². The summed E-state index contributed by atoms with van der Waals surface area (Å²) in [5.41, 5.74) is -0.0293. The molecule has 4 nitrogen and oxygen atoms in total. The first kappa shape index (κ1) is 17.7. The minimum absolute atomic E-state index is 0.271. The molecule has 0 unspecified atom stereocenters. The Hall–Kier alpha value is -2.14. The number of nitrogens with zero attached hydrogens (tertiary/aromatic N) is 2. The number of ether oxygens (including phenoxy) is 1. The Labute approximate surface area is 156 Å². The zero-order chi connectivity index (χ0) is 18.0. The van der Waals surface area contributed by atoms with Crippen LogP contribution in [0.5, 0.6) is 0 Å². The van der Waals surface area contributed by atoms with Crippen molar-refractivity contribution in [2.75, 3.05) is 7.11 Å². The summed E-state index contributed by atoms with van der Waals surface area (Å²) in [5.74, 6) is 0.0268. The maximum absolute atomic E-state index is 13.5. The highest BCUT2D eigenvalue weighted by Crippen LogP contribution is 2.37. The standard InChI is InChI=1S/C19H16Cl2N2O2/c1-23-12-11-22-18(23)17(24)19(25-2,13-3-7-15(20)8-4-13)14-5-9-16(21)10-6-14/h3-12H,1-2H3. The highest BCUT2D eigenvalue weighted by Gasteiger charge is 2.44. The lowest BCUT2D eigenvalue weighted by atomic mass is 9.82. The number of aromatic nitrogens is 2. The van der Waals surface area contributed by atoms with E-state index in [1.165, 1.54) is 7.11 Å². The maximum Gasteiger partial charge on any atom is 0.239 e. The zero-order valence-electron chi connectivity index (χ0n) is 13.7. The van der Waals surface area contributed by atoms with Crippen LogP contribution in [0.15, 0.2) is 60.9 Å². The quantitative estimate of drug-likeness (QED) is 0.617. The predicted octanol–water partition coefficient (Wildman–Crippen LogP) is 4.50. The average Bonchev–Trinajstić information content (AvgIpc) is 3.04. The van der Waals surface area contributed by atoms with Gasteiger partial charge in [-0.25, -0.2) is 4.98 Å². The van der Waals surface area contributed by atoms with Crippen LogP contribution < -0.4 is 0 Å². The molecule has 1 heterocycles. The molecule has 0 aliphatic carbocycles. The fourth-order valence-electron chi connectivity index (χ4n) is 2.87. The lowest BCUT2D eigenvalue weighted by Crippen LogP contribution is -2.40. The number of halogens is 2. The molecule has 0 atom stereocenters. The van der Waals surface area contributed by atoms with Gasteiger partial charge in [-0.05, 0) is 35.4 Å². The third-order valence-electron chi connectivity index (χ3n) is 4.15. The molecule has 0 saturated carbocycles. The van der Waals surface area contributed by atoms with Gasteiger partial charge in [0.25, 0.3) is 0 Å². The summed E-state index contributed by atoms with van der Waals surface area (Å²) < 4.78 is 7.51. The maximum atomic E-state index is 13.5. The molecule has 0 aliphatic heterocycles. The van der Waals surface area contributed by atoms with Crippen molar-refractivity contribution in [1.82, 2.24) is 9.55 Å². The van der Waals surface area contributed by atoms with E-state index < -0.39 is 5.60 Å². The summed E-state index contributed by atoms with van der Waals surface area (Å²) in [6.07, 6.45) is 3.30. The lowest BCUT2D eigenvalue weighted by Gasteiger charge is -2.32. The number of rotatable bonds is 5. The Morgan fingerprint density at radius 1 is 1.00 bits per heavy atom. The van der Waals surface area contributed by atoms with Gasteiger partial charge >= 0.3 is 0 Å². The number of carbonyl (C=O) groups excluding carboxylic acids is 1. The first-order valence-electron chi connectivity index (χ1n) is 7.58. The molecule has 0 radical (unpaired) electrons. The van der Waals surface area contributed by atoms with Crippen molar-refractivity contribution in [3.63, 3.8) is 0 Å². The summed E-state index contributed by atoms with van der Waals surface area (Å²) >= 11 is 12.0. The number of benzene rings is 2. The van der Waals surface area contributed by atoms with E-state index in [9.17, 15) is 4.79 Å². The van der Waals surface area contributed by atoms with Gasteiger partial charge in [-0.2, -0.15) is 0 Å². The smallest absolute Gasteiger partial charge is 0.239 e. The van der Waals surface area contributed by atoms with Crippen LogP contribution in [0.3, 0.4) is 0 Å². The van der Waals surface area contributed by atoms with Crippen LogP contribution in [0.4, 0.5) is 0 Å². The summed E-state index contributed by atoms with van der Waals surface area (Å²) in [4.78, 5) is 17.7. The van der Waals surface area contributed by atoms with Crippen molar-refractivity contribution in [3.8, 4) is 0 Å². The number of hydrogen-bond donors (Lipinski definition) is 0. The molecule has 3 rings (SSSR count). The number of aryl methyl sites for hydroxylation is 1. The van der Waals surface area contributed by atoms with Crippen molar-refractivity contribution in [2.45, 2.75) is 5.60 Å². The number of hydrogen-bond acceptors (Lipinski definition) is 3. The number of carbonyl (C=O) groups is 1. The van der Waals surface area contributed by atoms with E-state index in [2.05, 4.69) is 4.98 Å². The summed E-state index contributed by atoms with van der Waals surface area (Å²) in [6.45, 7) is 0. The number of Topliss-reactive ketones (excluding diaryl/α,β-unsaturated/α-hetero) is 1. The van der Waals surface area contributed by atoms with Crippen LogP contribution in [0.25, 0.3) is 0 Å². The molecule has 3 aromatic rings. The summed E-state index contributed by atoms with van der Waals surface area (Å²) in [7, 11) is 3.27. The van der Waals surface area contributed by atoms with E-state index in [1.54, 1.807) is 72.5 Å². The van der Waals surface area contributed by atoms with Crippen LogP contribution in [-0.4, -0.2) is 22.4 Å².